The van der Waals surface area contributed by atoms with Crippen LogP contribution in [0.15, 0.2) is 10.5 Å². The summed E-state index contributed by atoms with van der Waals surface area (Å²) in [5.74, 6) is 0.357. The van der Waals surface area contributed by atoms with Gasteiger partial charge in [0.1, 0.15) is 17.1 Å². The van der Waals surface area contributed by atoms with Crippen LogP contribution < -0.4 is 0 Å². The number of furan rings is 1. The molecule has 2 saturated heterocycles. The largest absolute Gasteiger partial charge is 0.478 e. The first-order valence-corrected chi connectivity index (χ1v) is 7.85. The molecule has 2 fully saturated rings. The van der Waals surface area contributed by atoms with E-state index < -0.39 is 5.97 Å². The lowest BCUT2D eigenvalue weighted by molar-refractivity contribution is 0.00796. The Morgan fingerprint density at radius 1 is 1.43 bits per heavy atom. The molecule has 3 rings (SSSR count). The minimum absolute atomic E-state index is 0.286. The number of nitrogens with zero attached hydrogens (tertiary/aromatic N) is 2. The number of carboxylic acids is 1. The molecule has 21 heavy (non-hydrogen) atoms. The molecule has 2 atom stereocenters. The van der Waals surface area contributed by atoms with E-state index in [9.17, 15) is 4.79 Å². The highest BCUT2D eigenvalue weighted by molar-refractivity contribution is 5.88. The van der Waals surface area contributed by atoms with Gasteiger partial charge in [0.15, 0.2) is 0 Å². The number of piperidine rings is 1. The molecule has 5 nitrogen and oxygen atoms in total. The first kappa shape index (κ1) is 14.6. The van der Waals surface area contributed by atoms with Gasteiger partial charge in [-0.1, -0.05) is 6.42 Å². The molecule has 1 N–H and O–H groups in total. The van der Waals surface area contributed by atoms with E-state index in [1.807, 2.05) is 0 Å². The summed E-state index contributed by atoms with van der Waals surface area (Å²) in [7, 11) is 0. The topological polar surface area (TPSA) is 56.9 Å². The van der Waals surface area contributed by atoms with Gasteiger partial charge in [-0.05, 0) is 39.3 Å². The number of piperazine rings is 1. The fourth-order valence-corrected chi connectivity index (χ4v) is 3.67. The standard InChI is InChI=1S/C16H24N2O3/c1-11-8-17-6-4-3-5-13(17)9-18(11)10-14-7-15(16(19)20)12(2)21-14/h7,11,13H,3-6,8-10H2,1-2H3,(H,19,20). The molecule has 3 heterocycles. The van der Waals surface area contributed by atoms with Gasteiger partial charge < -0.3 is 9.52 Å². The summed E-state index contributed by atoms with van der Waals surface area (Å²) in [6.07, 6.45) is 3.93. The normalized spacial score (nSPS) is 27.5. The molecule has 0 saturated carbocycles. The van der Waals surface area contributed by atoms with Crippen molar-refractivity contribution in [3.8, 4) is 0 Å². The summed E-state index contributed by atoms with van der Waals surface area (Å²) in [5, 5.41) is 9.11. The third-order valence-corrected chi connectivity index (χ3v) is 4.87. The average molecular weight is 292 g/mol. The SMILES string of the molecule is Cc1oc(CN2CC3CCCCN3CC2C)cc1C(=O)O. The molecule has 0 aliphatic carbocycles. The third kappa shape index (κ3) is 2.99. The Labute approximate surface area is 125 Å². The van der Waals surface area contributed by atoms with E-state index in [4.69, 9.17) is 9.52 Å². The predicted octanol–water partition coefficient (Wildman–Crippen LogP) is 2.34. The van der Waals surface area contributed by atoms with E-state index in [0.29, 0.717) is 24.4 Å². The van der Waals surface area contributed by atoms with Gasteiger partial charge in [-0.15, -0.1) is 0 Å². The molecular formula is C16H24N2O3. The van der Waals surface area contributed by atoms with Crippen molar-refractivity contribution in [3.63, 3.8) is 0 Å². The number of hydrogen-bond acceptors (Lipinski definition) is 4. The highest BCUT2D eigenvalue weighted by atomic mass is 16.4. The molecule has 0 amide bonds. The highest BCUT2D eigenvalue weighted by Crippen LogP contribution is 2.26. The molecule has 116 valence electrons. The van der Waals surface area contributed by atoms with Gasteiger partial charge in [0.2, 0.25) is 0 Å². The quantitative estimate of drug-likeness (QED) is 0.926. The lowest BCUT2D eigenvalue weighted by Crippen LogP contribution is -2.58. The second-order valence-electron chi connectivity index (χ2n) is 6.41. The number of aryl methyl sites for hydroxylation is 1. The van der Waals surface area contributed by atoms with Crippen molar-refractivity contribution in [1.82, 2.24) is 9.80 Å². The second kappa shape index (κ2) is 5.81. The van der Waals surface area contributed by atoms with Crippen molar-refractivity contribution < 1.29 is 14.3 Å². The fraction of sp³-hybridized carbons (Fsp3) is 0.688. The zero-order valence-electron chi connectivity index (χ0n) is 12.8. The molecule has 1 aromatic rings. The van der Waals surface area contributed by atoms with E-state index in [-0.39, 0.29) is 5.56 Å². The lowest BCUT2D eigenvalue weighted by Gasteiger charge is -2.47. The van der Waals surface area contributed by atoms with Crippen LogP contribution in [-0.2, 0) is 6.54 Å². The Kier molecular flexibility index (Phi) is 4.04. The van der Waals surface area contributed by atoms with Crippen LogP contribution in [0.5, 0.6) is 0 Å². The predicted molar refractivity (Wildman–Crippen MR) is 79.5 cm³/mol. The summed E-state index contributed by atoms with van der Waals surface area (Å²) >= 11 is 0. The minimum Gasteiger partial charge on any atom is -0.478 e. The average Bonchev–Trinajstić information content (AvgIpc) is 2.81. The molecule has 2 aliphatic heterocycles. The van der Waals surface area contributed by atoms with Crippen LogP contribution in [0.2, 0.25) is 0 Å². The molecule has 0 spiro atoms. The summed E-state index contributed by atoms with van der Waals surface area (Å²) in [6, 6.07) is 2.82. The van der Waals surface area contributed by atoms with Crippen molar-refractivity contribution in [1.29, 1.82) is 0 Å². The number of fused-ring (bicyclic) bond motifs is 1. The van der Waals surface area contributed by atoms with Crippen molar-refractivity contribution in [2.24, 2.45) is 0 Å². The zero-order valence-corrected chi connectivity index (χ0v) is 12.8. The summed E-state index contributed by atoms with van der Waals surface area (Å²) in [6.45, 7) is 8.07. The fourth-order valence-electron chi connectivity index (χ4n) is 3.67. The van der Waals surface area contributed by atoms with Gasteiger partial charge >= 0.3 is 5.97 Å². The Hall–Kier alpha value is -1.33. The Balaban J connectivity index is 1.69. The number of rotatable bonds is 3. The number of aromatic carboxylic acids is 1. The van der Waals surface area contributed by atoms with Crippen molar-refractivity contribution in [2.45, 2.75) is 51.7 Å². The molecule has 5 heteroatoms. The molecule has 0 radical (unpaired) electrons. The molecule has 0 aromatic carbocycles. The van der Waals surface area contributed by atoms with Gasteiger partial charge in [0.05, 0.1) is 6.54 Å². The van der Waals surface area contributed by atoms with Crippen LogP contribution in [0, 0.1) is 6.92 Å². The van der Waals surface area contributed by atoms with Crippen LogP contribution >= 0.6 is 0 Å². The van der Waals surface area contributed by atoms with E-state index in [1.54, 1.807) is 13.0 Å². The van der Waals surface area contributed by atoms with E-state index in [0.717, 1.165) is 18.8 Å². The maximum Gasteiger partial charge on any atom is 0.339 e. The van der Waals surface area contributed by atoms with Crippen molar-refractivity contribution >= 4 is 5.97 Å². The van der Waals surface area contributed by atoms with Gasteiger partial charge in [-0.25, -0.2) is 4.79 Å². The first-order valence-electron chi connectivity index (χ1n) is 7.85. The molecule has 2 unspecified atom stereocenters. The third-order valence-electron chi connectivity index (χ3n) is 4.87. The van der Waals surface area contributed by atoms with Crippen LogP contribution in [0.3, 0.4) is 0 Å². The van der Waals surface area contributed by atoms with Crippen LogP contribution in [-0.4, -0.2) is 52.6 Å². The number of hydrogen-bond donors (Lipinski definition) is 1. The number of carboxylic acid groups (broad SMARTS) is 1. The van der Waals surface area contributed by atoms with Crippen LogP contribution in [0.4, 0.5) is 0 Å². The van der Waals surface area contributed by atoms with Gasteiger partial charge in [-0.2, -0.15) is 0 Å². The monoisotopic (exact) mass is 292 g/mol. The Bertz CT molecular complexity index is 526. The van der Waals surface area contributed by atoms with E-state index in [2.05, 4.69) is 16.7 Å². The highest BCUT2D eigenvalue weighted by Gasteiger charge is 2.33. The summed E-state index contributed by atoms with van der Waals surface area (Å²) in [4.78, 5) is 16.1. The van der Waals surface area contributed by atoms with Crippen molar-refractivity contribution in [3.05, 3.63) is 23.2 Å². The first-order chi connectivity index (χ1) is 10.0. The van der Waals surface area contributed by atoms with Crippen LogP contribution in [0.25, 0.3) is 0 Å². The summed E-state index contributed by atoms with van der Waals surface area (Å²) in [5.41, 5.74) is 0.286. The maximum absolute atomic E-state index is 11.1. The molecule has 2 aliphatic rings. The van der Waals surface area contributed by atoms with E-state index in [1.165, 1.54) is 25.8 Å². The molecule has 0 bridgehead atoms. The smallest absolute Gasteiger partial charge is 0.339 e. The van der Waals surface area contributed by atoms with Gasteiger partial charge in [0, 0.05) is 25.2 Å². The van der Waals surface area contributed by atoms with E-state index >= 15 is 0 Å². The zero-order chi connectivity index (χ0) is 15.0. The second-order valence-corrected chi connectivity index (χ2v) is 6.41. The molecular weight excluding hydrogens is 268 g/mol. The Morgan fingerprint density at radius 2 is 2.24 bits per heavy atom. The van der Waals surface area contributed by atoms with Gasteiger partial charge in [0.25, 0.3) is 0 Å². The Morgan fingerprint density at radius 3 is 2.95 bits per heavy atom. The van der Waals surface area contributed by atoms with Crippen LogP contribution in [0.1, 0.15) is 48.1 Å². The lowest BCUT2D eigenvalue weighted by atomic mass is 9.97. The van der Waals surface area contributed by atoms with Crippen molar-refractivity contribution in [2.75, 3.05) is 19.6 Å². The van der Waals surface area contributed by atoms with Gasteiger partial charge in [-0.3, -0.25) is 9.80 Å². The maximum atomic E-state index is 11.1. The summed E-state index contributed by atoms with van der Waals surface area (Å²) < 4.78 is 5.63. The minimum atomic E-state index is -0.910. The molecule has 1 aromatic heterocycles. The number of carbonyl (C=O) groups is 1.